The first kappa shape index (κ1) is 15.5. The van der Waals surface area contributed by atoms with E-state index in [-0.39, 0.29) is 6.42 Å². The van der Waals surface area contributed by atoms with Crippen LogP contribution < -0.4 is 4.90 Å². The summed E-state index contributed by atoms with van der Waals surface area (Å²) < 4.78 is 5.33. The van der Waals surface area contributed by atoms with E-state index in [0.717, 1.165) is 0 Å². The van der Waals surface area contributed by atoms with Gasteiger partial charge in [-0.25, -0.2) is 4.79 Å². The Bertz CT molecular complexity index is 436. The summed E-state index contributed by atoms with van der Waals surface area (Å²) in [5.41, 5.74) is -0.616. The van der Waals surface area contributed by atoms with Gasteiger partial charge in [-0.05, 0) is 45.2 Å². The van der Waals surface area contributed by atoms with Gasteiger partial charge < -0.3 is 9.84 Å². The fraction of sp³-hybridized carbons (Fsp3) is 0.538. The Kier molecular flexibility index (Phi) is 4.94. The predicted octanol–water partition coefficient (Wildman–Crippen LogP) is 3.35. The van der Waals surface area contributed by atoms with Crippen molar-refractivity contribution in [3.63, 3.8) is 0 Å². The summed E-state index contributed by atoms with van der Waals surface area (Å²) in [6.07, 6.45) is -0.652. The molecule has 106 valence electrons. The van der Waals surface area contributed by atoms with Gasteiger partial charge in [0.05, 0.1) is 6.42 Å². The molecule has 1 aromatic heterocycles. The first-order valence-electron chi connectivity index (χ1n) is 5.98. The number of carbonyl (C=O) groups excluding carboxylic acids is 1. The molecule has 0 radical (unpaired) electrons. The van der Waals surface area contributed by atoms with Gasteiger partial charge in [0.2, 0.25) is 0 Å². The molecule has 0 saturated heterocycles. The van der Waals surface area contributed by atoms with Crippen LogP contribution in [-0.4, -0.2) is 28.8 Å². The topological polar surface area (TPSA) is 66.8 Å². The third kappa shape index (κ3) is 4.90. The molecular formula is C13H19NO4S. The number of carbonyl (C=O) groups is 2. The lowest BCUT2D eigenvalue weighted by Crippen LogP contribution is -2.42. The molecule has 1 atom stereocenters. The number of anilines is 1. The second-order valence-electron chi connectivity index (χ2n) is 5.25. The van der Waals surface area contributed by atoms with Crippen molar-refractivity contribution in [3.05, 3.63) is 17.5 Å². The molecule has 0 bridgehead atoms. The lowest BCUT2D eigenvalue weighted by atomic mass is 10.2. The third-order valence-corrected chi connectivity index (χ3v) is 3.11. The lowest BCUT2D eigenvalue weighted by Gasteiger charge is -2.30. The molecule has 6 heteroatoms. The molecule has 1 heterocycles. The van der Waals surface area contributed by atoms with E-state index in [2.05, 4.69) is 0 Å². The highest BCUT2D eigenvalue weighted by Gasteiger charge is 2.29. The monoisotopic (exact) mass is 285 g/mol. The van der Waals surface area contributed by atoms with Crippen molar-refractivity contribution in [1.82, 2.24) is 0 Å². The fourth-order valence-corrected chi connectivity index (χ4v) is 2.37. The van der Waals surface area contributed by atoms with Crippen LogP contribution in [0.25, 0.3) is 0 Å². The number of carboxylic acids is 1. The van der Waals surface area contributed by atoms with E-state index in [1.54, 1.807) is 33.8 Å². The van der Waals surface area contributed by atoms with Gasteiger partial charge in [-0.1, -0.05) is 0 Å². The van der Waals surface area contributed by atoms with Crippen LogP contribution in [0.5, 0.6) is 0 Å². The van der Waals surface area contributed by atoms with E-state index in [4.69, 9.17) is 9.84 Å². The number of rotatable bonds is 4. The number of ether oxygens (including phenoxy) is 1. The van der Waals surface area contributed by atoms with Crippen LogP contribution in [-0.2, 0) is 9.53 Å². The quantitative estimate of drug-likeness (QED) is 0.921. The van der Waals surface area contributed by atoms with Gasteiger partial charge in [-0.15, -0.1) is 11.3 Å². The van der Waals surface area contributed by atoms with E-state index in [0.29, 0.717) is 5.00 Å². The van der Waals surface area contributed by atoms with Gasteiger partial charge in [-0.2, -0.15) is 0 Å². The van der Waals surface area contributed by atoms with Crippen LogP contribution in [0, 0.1) is 0 Å². The van der Waals surface area contributed by atoms with Crippen LogP contribution in [0.2, 0.25) is 0 Å². The highest BCUT2D eigenvalue weighted by Crippen LogP contribution is 2.26. The average molecular weight is 285 g/mol. The van der Waals surface area contributed by atoms with E-state index in [1.807, 2.05) is 11.4 Å². The van der Waals surface area contributed by atoms with Crippen molar-refractivity contribution >= 4 is 28.4 Å². The van der Waals surface area contributed by atoms with Crippen LogP contribution in [0.1, 0.15) is 34.1 Å². The summed E-state index contributed by atoms with van der Waals surface area (Å²) in [5.74, 6) is -0.947. The number of hydrogen-bond acceptors (Lipinski definition) is 4. The molecule has 1 rings (SSSR count). The van der Waals surface area contributed by atoms with Gasteiger partial charge in [0.1, 0.15) is 10.6 Å². The molecule has 0 aliphatic carbocycles. The lowest BCUT2D eigenvalue weighted by molar-refractivity contribution is -0.137. The molecule has 0 aliphatic rings. The van der Waals surface area contributed by atoms with Gasteiger partial charge in [-0.3, -0.25) is 9.69 Å². The van der Waals surface area contributed by atoms with Crippen molar-refractivity contribution < 1.29 is 19.4 Å². The van der Waals surface area contributed by atoms with Crippen molar-refractivity contribution in [3.8, 4) is 0 Å². The molecule has 19 heavy (non-hydrogen) atoms. The summed E-state index contributed by atoms with van der Waals surface area (Å²) in [5, 5.41) is 11.4. The van der Waals surface area contributed by atoms with E-state index in [1.165, 1.54) is 16.2 Å². The molecular weight excluding hydrogens is 266 g/mol. The molecule has 0 aromatic carbocycles. The van der Waals surface area contributed by atoms with Gasteiger partial charge in [0.25, 0.3) is 0 Å². The maximum Gasteiger partial charge on any atom is 0.415 e. The highest BCUT2D eigenvalue weighted by molar-refractivity contribution is 7.14. The second kappa shape index (κ2) is 6.06. The Morgan fingerprint density at radius 2 is 2.11 bits per heavy atom. The Morgan fingerprint density at radius 3 is 2.53 bits per heavy atom. The maximum atomic E-state index is 12.2. The molecule has 0 spiro atoms. The van der Waals surface area contributed by atoms with E-state index in [9.17, 15) is 9.59 Å². The Labute approximate surface area is 116 Å². The number of nitrogens with zero attached hydrogens (tertiary/aromatic N) is 1. The van der Waals surface area contributed by atoms with Crippen molar-refractivity contribution in [2.24, 2.45) is 0 Å². The minimum atomic E-state index is -0.947. The summed E-state index contributed by atoms with van der Waals surface area (Å²) in [6, 6.07) is 3.11. The zero-order chi connectivity index (χ0) is 14.6. The Balaban J connectivity index is 2.93. The van der Waals surface area contributed by atoms with Crippen LogP contribution in [0.3, 0.4) is 0 Å². The molecule has 0 saturated carbocycles. The molecule has 1 aromatic rings. The predicted molar refractivity (Wildman–Crippen MR) is 74.7 cm³/mol. The van der Waals surface area contributed by atoms with Crippen molar-refractivity contribution in [2.45, 2.75) is 45.8 Å². The number of thiophene rings is 1. The summed E-state index contributed by atoms with van der Waals surface area (Å²) in [4.78, 5) is 24.4. The molecule has 1 N–H and O–H groups in total. The zero-order valence-corrected chi connectivity index (χ0v) is 12.4. The standard InChI is InChI=1S/C13H19NO4S/c1-9(8-11(15)16)14(10-6-5-7-19-10)12(17)18-13(2,3)4/h5-7,9H,8H2,1-4H3,(H,15,16). The number of amides is 1. The zero-order valence-electron chi connectivity index (χ0n) is 11.5. The highest BCUT2D eigenvalue weighted by atomic mass is 32.1. The average Bonchev–Trinajstić information content (AvgIpc) is 2.66. The normalized spacial score (nSPS) is 12.8. The Hall–Kier alpha value is -1.56. The first-order valence-corrected chi connectivity index (χ1v) is 6.86. The van der Waals surface area contributed by atoms with Crippen LogP contribution in [0.4, 0.5) is 9.80 Å². The fourth-order valence-electron chi connectivity index (χ4n) is 1.55. The van der Waals surface area contributed by atoms with Gasteiger partial charge in [0.15, 0.2) is 0 Å². The SMILES string of the molecule is CC(CC(=O)O)N(C(=O)OC(C)(C)C)c1cccs1. The van der Waals surface area contributed by atoms with Crippen molar-refractivity contribution in [2.75, 3.05) is 4.90 Å². The second-order valence-corrected chi connectivity index (χ2v) is 6.17. The number of carboxylic acid groups (broad SMARTS) is 1. The summed E-state index contributed by atoms with van der Waals surface area (Å²) in [7, 11) is 0. The molecule has 1 amide bonds. The minimum absolute atomic E-state index is 0.128. The maximum absolute atomic E-state index is 12.2. The molecule has 1 unspecified atom stereocenters. The number of aliphatic carboxylic acids is 1. The third-order valence-electron chi connectivity index (χ3n) is 2.24. The van der Waals surface area contributed by atoms with Crippen LogP contribution >= 0.6 is 11.3 Å². The largest absolute Gasteiger partial charge is 0.481 e. The van der Waals surface area contributed by atoms with E-state index < -0.39 is 23.7 Å². The first-order chi connectivity index (χ1) is 8.70. The Morgan fingerprint density at radius 1 is 1.47 bits per heavy atom. The minimum Gasteiger partial charge on any atom is -0.481 e. The van der Waals surface area contributed by atoms with Crippen LogP contribution in [0.15, 0.2) is 17.5 Å². The molecule has 5 nitrogen and oxygen atoms in total. The van der Waals surface area contributed by atoms with Gasteiger partial charge >= 0.3 is 12.1 Å². The van der Waals surface area contributed by atoms with E-state index >= 15 is 0 Å². The van der Waals surface area contributed by atoms with Gasteiger partial charge in [0, 0.05) is 6.04 Å². The smallest absolute Gasteiger partial charge is 0.415 e. The molecule has 0 aliphatic heterocycles. The van der Waals surface area contributed by atoms with Crippen molar-refractivity contribution in [1.29, 1.82) is 0 Å². The summed E-state index contributed by atoms with van der Waals surface area (Å²) >= 11 is 1.37. The number of hydrogen-bond donors (Lipinski definition) is 1. The summed E-state index contributed by atoms with van der Waals surface area (Å²) in [6.45, 7) is 7.02. The molecule has 0 fully saturated rings.